The number of hydrogen-bond acceptors (Lipinski definition) is 4. The molecule has 3 fully saturated rings. The molecule has 0 N–H and O–H groups in total. The van der Waals surface area contributed by atoms with Gasteiger partial charge in [-0.15, -0.1) is 0 Å². The molecule has 2 aliphatic heterocycles. The minimum absolute atomic E-state index is 0.373. The van der Waals surface area contributed by atoms with Gasteiger partial charge >= 0.3 is 0 Å². The standard InChI is InChI=1S/C19H30O4/c1-5-16(20-10-18-12-22-18)6-2-14(1)9-15-3-7-17(8-4-15)21-11-19-13-23-19/h5,14-15,17-19H,1-4,6-13H2. The molecule has 2 saturated heterocycles. The first-order chi connectivity index (χ1) is 11.3. The van der Waals surface area contributed by atoms with Gasteiger partial charge in [0.05, 0.1) is 31.7 Å². The highest BCUT2D eigenvalue weighted by Crippen LogP contribution is 2.36. The summed E-state index contributed by atoms with van der Waals surface area (Å²) in [6, 6.07) is 0. The van der Waals surface area contributed by atoms with Crippen molar-refractivity contribution in [1.29, 1.82) is 0 Å². The van der Waals surface area contributed by atoms with Crippen LogP contribution >= 0.6 is 0 Å². The first kappa shape index (κ1) is 15.9. The molecule has 2 aliphatic carbocycles. The number of rotatable bonds is 8. The van der Waals surface area contributed by atoms with Gasteiger partial charge in [-0.3, -0.25) is 0 Å². The second-order valence-electron chi connectivity index (χ2n) is 7.74. The molecule has 0 aromatic heterocycles. The predicted octanol–water partition coefficient (Wildman–Crippen LogP) is 3.45. The van der Waals surface area contributed by atoms with Crippen molar-refractivity contribution in [3.05, 3.63) is 11.8 Å². The van der Waals surface area contributed by atoms with Crippen LogP contribution in [0.4, 0.5) is 0 Å². The maximum absolute atomic E-state index is 5.95. The molecular weight excluding hydrogens is 292 g/mol. The molecule has 0 spiro atoms. The van der Waals surface area contributed by atoms with Gasteiger partial charge in [0, 0.05) is 6.42 Å². The van der Waals surface area contributed by atoms with Crippen molar-refractivity contribution in [2.45, 2.75) is 69.7 Å². The molecule has 2 heterocycles. The zero-order valence-corrected chi connectivity index (χ0v) is 14.1. The topological polar surface area (TPSA) is 43.5 Å². The van der Waals surface area contributed by atoms with E-state index >= 15 is 0 Å². The van der Waals surface area contributed by atoms with Crippen molar-refractivity contribution >= 4 is 0 Å². The Balaban J connectivity index is 1.11. The van der Waals surface area contributed by atoms with Gasteiger partial charge in [0.25, 0.3) is 0 Å². The zero-order valence-electron chi connectivity index (χ0n) is 14.1. The monoisotopic (exact) mass is 322 g/mol. The summed E-state index contributed by atoms with van der Waals surface area (Å²) in [5.74, 6) is 2.98. The highest BCUT2D eigenvalue weighted by Gasteiger charge is 2.29. The van der Waals surface area contributed by atoms with Gasteiger partial charge < -0.3 is 18.9 Å². The van der Waals surface area contributed by atoms with E-state index in [9.17, 15) is 0 Å². The minimum atomic E-state index is 0.373. The van der Waals surface area contributed by atoms with E-state index < -0.39 is 0 Å². The summed E-state index contributed by atoms with van der Waals surface area (Å²) in [6.07, 6.45) is 13.8. The van der Waals surface area contributed by atoms with E-state index in [0.29, 0.717) is 18.3 Å². The summed E-state index contributed by atoms with van der Waals surface area (Å²) in [5, 5.41) is 0. The fraction of sp³-hybridized carbons (Fsp3) is 0.895. The Morgan fingerprint density at radius 1 is 0.913 bits per heavy atom. The van der Waals surface area contributed by atoms with E-state index in [1.165, 1.54) is 50.7 Å². The molecule has 23 heavy (non-hydrogen) atoms. The van der Waals surface area contributed by atoms with Gasteiger partial charge in [0.15, 0.2) is 0 Å². The van der Waals surface area contributed by atoms with Crippen LogP contribution in [-0.4, -0.2) is 44.7 Å². The fourth-order valence-electron chi connectivity index (χ4n) is 3.99. The molecule has 1 saturated carbocycles. The van der Waals surface area contributed by atoms with Gasteiger partial charge in [0.1, 0.15) is 18.8 Å². The van der Waals surface area contributed by atoms with Crippen molar-refractivity contribution in [3.63, 3.8) is 0 Å². The lowest BCUT2D eigenvalue weighted by molar-refractivity contribution is 0.00785. The molecule has 0 radical (unpaired) electrons. The molecule has 4 rings (SSSR count). The summed E-state index contributed by atoms with van der Waals surface area (Å²) in [5.41, 5.74) is 0. The van der Waals surface area contributed by atoms with Crippen molar-refractivity contribution in [2.75, 3.05) is 26.4 Å². The molecular formula is C19H30O4. The smallest absolute Gasteiger partial charge is 0.116 e. The lowest BCUT2D eigenvalue weighted by Gasteiger charge is -2.32. The highest BCUT2D eigenvalue weighted by atomic mass is 16.6. The SMILES string of the molecule is C1=C(OCC2CO2)CCC(CC2CCC(OCC3CO3)CC2)C1. The van der Waals surface area contributed by atoms with Gasteiger partial charge in [-0.25, -0.2) is 0 Å². The first-order valence-corrected chi connectivity index (χ1v) is 9.52. The summed E-state index contributed by atoms with van der Waals surface area (Å²) >= 11 is 0. The van der Waals surface area contributed by atoms with E-state index in [-0.39, 0.29) is 0 Å². The predicted molar refractivity (Wildman–Crippen MR) is 87.2 cm³/mol. The molecule has 4 aliphatic rings. The molecule has 0 bridgehead atoms. The Morgan fingerprint density at radius 3 is 2.30 bits per heavy atom. The van der Waals surface area contributed by atoms with Crippen LogP contribution in [0.2, 0.25) is 0 Å². The molecule has 0 aromatic rings. The lowest BCUT2D eigenvalue weighted by atomic mass is 9.78. The van der Waals surface area contributed by atoms with Crippen LogP contribution < -0.4 is 0 Å². The summed E-state index contributed by atoms with van der Waals surface area (Å²) in [7, 11) is 0. The molecule has 4 heteroatoms. The summed E-state index contributed by atoms with van der Waals surface area (Å²) in [4.78, 5) is 0. The van der Waals surface area contributed by atoms with Gasteiger partial charge in [-0.05, 0) is 62.9 Å². The zero-order chi connectivity index (χ0) is 15.5. The normalized spacial score (nSPS) is 39.7. The van der Waals surface area contributed by atoms with Gasteiger partial charge in [-0.2, -0.15) is 0 Å². The Labute approximate surface area is 139 Å². The van der Waals surface area contributed by atoms with Crippen LogP contribution in [0.3, 0.4) is 0 Å². The number of epoxide rings is 2. The highest BCUT2D eigenvalue weighted by molar-refractivity contribution is 5.00. The largest absolute Gasteiger partial charge is 0.495 e. The maximum Gasteiger partial charge on any atom is 0.116 e. The Hall–Kier alpha value is -0.580. The molecule has 4 nitrogen and oxygen atoms in total. The van der Waals surface area contributed by atoms with Crippen molar-refractivity contribution in [2.24, 2.45) is 11.8 Å². The van der Waals surface area contributed by atoms with Crippen LogP contribution in [0.1, 0.15) is 51.4 Å². The lowest BCUT2D eigenvalue weighted by Crippen LogP contribution is -2.24. The van der Waals surface area contributed by atoms with Crippen molar-refractivity contribution in [1.82, 2.24) is 0 Å². The van der Waals surface area contributed by atoms with Gasteiger partial charge in [-0.1, -0.05) is 0 Å². The number of allylic oxidation sites excluding steroid dienone is 2. The van der Waals surface area contributed by atoms with Crippen molar-refractivity contribution in [3.8, 4) is 0 Å². The molecule has 3 unspecified atom stereocenters. The average Bonchev–Trinajstić information content (AvgIpc) is 3.48. The minimum Gasteiger partial charge on any atom is -0.495 e. The third-order valence-corrected chi connectivity index (χ3v) is 5.72. The fourth-order valence-corrected chi connectivity index (χ4v) is 3.99. The van der Waals surface area contributed by atoms with E-state index in [1.807, 2.05) is 0 Å². The van der Waals surface area contributed by atoms with E-state index in [4.69, 9.17) is 18.9 Å². The van der Waals surface area contributed by atoms with Gasteiger partial charge in [0.2, 0.25) is 0 Å². The van der Waals surface area contributed by atoms with Crippen LogP contribution in [-0.2, 0) is 18.9 Å². The average molecular weight is 322 g/mol. The number of hydrogen-bond donors (Lipinski definition) is 0. The number of ether oxygens (including phenoxy) is 4. The summed E-state index contributed by atoms with van der Waals surface area (Å²) < 4.78 is 22.2. The van der Waals surface area contributed by atoms with Crippen LogP contribution in [0.15, 0.2) is 11.8 Å². The second-order valence-corrected chi connectivity index (χ2v) is 7.74. The Morgan fingerprint density at radius 2 is 1.65 bits per heavy atom. The van der Waals surface area contributed by atoms with Crippen LogP contribution in [0, 0.1) is 11.8 Å². The molecule has 3 atom stereocenters. The molecule has 0 aromatic carbocycles. The van der Waals surface area contributed by atoms with Crippen LogP contribution in [0.5, 0.6) is 0 Å². The van der Waals surface area contributed by atoms with Crippen LogP contribution in [0.25, 0.3) is 0 Å². The quantitative estimate of drug-likeness (QED) is 0.642. The van der Waals surface area contributed by atoms with Crippen molar-refractivity contribution < 1.29 is 18.9 Å². The first-order valence-electron chi connectivity index (χ1n) is 9.52. The third-order valence-electron chi connectivity index (χ3n) is 5.72. The Bertz CT molecular complexity index is 406. The maximum atomic E-state index is 5.95. The van der Waals surface area contributed by atoms with E-state index in [1.54, 1.807) is 0 Å². The molecule has 0 amide bonds. The van der Waals surface area contributed by atoms with E-state index in [2.05, 4.69) is 6.08 Å². The molecule has 130 valence electrons. The second kappa shape index (κ2) is 7.54. The third kappa shape index (κ3) is 5.20. The van der Waals surface area contributed by atoms with E-state index in [0.717, 1.165) is 44.7 Å². The Kier molecular flexibility index (Phi) is 5.22. The summed E-state index contributed by atoms with van der Waals surface area (Å²) in [6.45, 7) is 3.36.